The third kappa shape index (κ3) is 3.27. The first-order valence-corrected chi connectivity index (χ1v) is 7.38. The molecule has 1 aromatic heterocycles. The molecule has 1 aromatic rings. The van der Waals surface area contributed by atoms with Crippen LogP contribution in [0.25, 0.3) is 0 Å². The quantitative estimate of drug-likeness (QED) is 0.812. The summed E-state index contributed by atoms with van der Waals surface area (Å²) < 4.78 is 5.84. The highest BCUT2D eigenvalue weighted by Gasteiger charge is 2.28. The van der Waals surface area contributed by atoms with Crippen molar-refractivity contribution in [2.45, 2.75) is 58.2 Å². The molecule has 1 atom stereocenters. The highest BCUT2D eigenvalue weighted by atomic mass is 32.1. The lowest BCUT2D eigenvalue weighted by atomic mass is 10.0. The fraction of sp³-hybridized carbons (Fsp3) is 0.769. The topological polar surface area (TPSA) is 34.1 Å². The number of thiazole rings is 1. The third-order valence-corrected chi connectivity index (χ3v) is 4.43. The van der Waals surface area contributed by atoms with E-state index in [0.29, 0.717) is 0 Å². The van der Waals surface area contributed by atoms with Crippen LogP contribution >= 0.6 is 11.3 Å². The Kier molecular flexibility index (Phi) is 4.17. The van der Waals surface area contributed by atoms with Crippen molar-refractivity contribution in [1.29, 1.82) is 0 Å². The molecule has 1 N–H and O–H groups in total. The molecule has 1 aliphatic carbocycles. The van der Waals surface area contributed by atoms with Crippen LogP contribution in [0.4, 0.5) is 0 Å². The summed E-state index contributed by atoms with van der Waals surface area (Å²) in [5.74, 6) is 0. The lowest BCUT2D eigenvalue weighted by Gasteiger charge is -2.25. The largest absolute Gasteiger partial charge is 0.368 e. The predicted molar refractivity (Wildman–Crippen MR) is 71.2 cm³/mol. The number of hydrogen-bond donors (Lipinski definition) is 1. The summed E-state index contributed by atoms with van der Waals surface area (Å²) in [6, 6.07) is 0.740. The molecule has 1 saturated carbocycles. The van der Waals surface area contributed by atoms with Gasteiger partial charge in [0.15, 0.2) is 0 Å². The molecular formula is C13H22N2OS. The number of ether oxygens (including phenoxy) is 1. The summed E-state index contributed by atoms with van der Waals surface area (Å²) in [6.45, 7) is 7.95. The van der Waals surface area contributed by atoms with Crippen LogP contribution in [0.5, 0.6) is 0 Å². The van der Waals surface area contributed by atoms with E-state index in [0.717, 1.165) is 36.3 Å². The van der Waals surface area contributed by atoms with Crippen molar-refractivity contribution in [2.75, 3.05) is 6.61 Å². The van der Waals surface area contributed by atoms with Crippen LogP contribution in [0, 0.1) is 0 Å². The van der Waals surface area contributed by atoms with Gasteiger partial charge in [-0.3, -0.25) is 0 Å². The molecule has 0 radical (unpaired) electrons. The zero-order chi connectivity index (χ0) is 12.3. The first-order chi connectivity index (χ1) is 8.18. The summed E-state index contributed by atoms with van der Waals surface area (Å²) in [6.07, 6.45) is 3.61. The van der Waals surface area contributed by atoms with Crippen molar-refractivity contribution in [2.24, 2.45) is 0 Å². The molecule has 1 unspecified atom stereocenters. The average Bonchev–Trinajstić information content (AvgIpc) is 3.03. The summed E-state index contributed by atoms with van der Waals surface area (Å²) in [4.78, 5) is 4.70. The standard InChI is InChI=1S/C13H22N2OS/c1-4-13(3,16-5-2)12-15-11(9-17-12)8-14-10-6-7-10/h9-10,14H,4-8H2,1-3H3. The predicted octanol–water partition coefficient (Wildman–Crippen LogP) is 3.06. The van der Waals surface area contributed by atoms with Crippen molar-refractivity contribution in [3.8, 4) is 0 Å². The van der Waals surface area contributed by atoms with E-state index in [1.807, 2.05) is 6.92 Å². The van der Waals surface area contributed by atoms with Crippen molar-refractivity contribution < 1.29 is 4.74 Å². The minimum Gasteiger partial charge on any atom is -0.368 e. The van der Waals surface area contributed by atoms with Crippen LogP contribution in [0.15, 0.2) is 5.38 Å². The molecular weight excluding hydrogens is 232 g/mol. The molecule has 0 spiro atoms. The van der Waals surface area contributed by atoms with Crippen molar-refractivity contribution in [3.05, 3.63) is 16.1 Å². The van der Waals surface area contributed by atoms with Crippen molar-refractivity contribution in [1.82, 2.24) is 10.3 Å². The van der Waals surface area contributed by atoms with Crippen LogP contribution in [0.2, 0.25) is 0 Å². The number of rotatable bonds is 7. The van der Waals surface area contributed by atoms with Gasteiger partial charge in [-0.1, -0.05) is 6.92 Å². The third-order valence-electron chi connectivity index (χ3n) is 3.29. The van der Waals surface area contributed by atoms with Crippen molar-refractivity contribution in [3.63, 3.8) is 0 Å². The van der Waals surface area contributed by atoms with E-state index in [2.05, 4.69) is 24.5 Å². The van der Waals surface area contributed by atoms with E-state index in [1.165, 1.54) is 12.8 Å². The Morgan fingerprint density at radius 1 is 1.53 bits per heavy atom. The minimum atomic E-state index is -0.211. The maximum atomic E-state index is 5.84. The second-order valence-corrected chi connectivity index (χ2v) is 5.67. The molecule has 1 heterocycles. The van der Waals surface area contributed by atoms with Gasteiger partial charge in [0.25, 0.3) is 0 Å². The molecule has 4 heteroatoms. The van der Waals surface area contributed by atoms with Crippen molar-refractivity contribution >= 4 is 11.3 Å². The second kappa shape index (κ2) is 5.46. The molecule has 0 saturated heterocycles. The Hall–Kier alpha value is -0.450. The molecule has 17 heavy (non-hydrogen) atoms. The van der Waals surface area contributed by atoms with E-state index in [1.54, 1.807) is 11.3 Å². The second-order valence-electron chi connectivity index (χ2n) is 4.82. The van der Waals surface area contributed by atoms with Gasteiger partial charge in [-0.05, 0) is 33.1 Å². The summed E-state index contributed by atoms with van der Waals surface area (Å²) in [5.41, 5.74) is 0.938. The SMILES string of the molecule is CCOC(C)(CC)c1nc(CNC2CC2)cs1. The molecule has 96 valence electrons. The maximum Gasteiger partial charge on any atom is 0.125 e. The number of hydrogen-bond acceptors (Lipinski definition) is 4. The molecule has 0 aromatic carbocycles. The minimum absolute atomic E-state index is 0.211. The normalized spacial score (nSPS) is 19.2. The fourth-order valence-electron chi connectivity index (χ4n) is 1.80. The molecule has 2 rings (SSSR count). The Morgan fingerprint density at radius 2 is 2.29 bits per heavy atom. The first-order valence-electron chi connectivity index (χ1n) is 6.50. The molecule has 1 aliphatic rings. The van der Waals surface area contributed by atoms with Crippen LogP contribution in [-0.4, -0.2) is 17.6 Å². The summed E-state index contributed by atoms with van der Waals surface area (Å²) >= 11 is 1.72. The van der Waals surface area contributed by atoms with Gasteiger partial charge in [0, 0.05) is 24.6 Å². The lowest BCUT2D eigenvalue weighted by molar-refractivity contribution is -0.0325. The van der Waals surface area contributed by atoms with Crippen LogP contribution in [0.3, 0.4) is 0 Å². The summed E-state index contributed by atoms with van der Waals surface area (Å²) in [5, 5.41) is 6.75. The molecule has 3 nitrogen and oxygen atoms in total. The first kappa shape index (κ1) is 13.0. The van der Waals surface area contributed by atoms with Crippen LogP contribution in [-0.2, 0) is 16.9 Å². The Morgan fingerprint density at radius 3 is 2.88 bits per heavy atom. The molecule has 0 amide bonds. The van der Waals surface area contributed by atoms with Gasteiger partial charge in [-0.15, -0.1) is 11.3 Å². The van der Waals surface area contributed by atoms with E-state index >= 15 is 0 Å². The number of aromatic nitrogens is 1. The Labute approximate surface area is 108 Å². The van der Waals surface area contributed by atoms with Gasteiger partial charge in [0.2, 0.25) is 0 Å². The summed E-state index contributed by atoms with van der Waals surface area (Å²) in [7, 11) is 0. The smallest absolute Gasteiger partial charge is 0.125 e. The van der Waals surface area contributed by atoms with Gasteiger partial charge in [-0.25, -0.2) is 4.98 Å². The Bertz CT molecular complexity index is 362. The zero-order valence-corrected chi connectivity index (χ0v) is 11.8. The number of nitrogens with one attached hydrogen (secondary N) is 1. The Balaban J connectivity index is 1.99. The van der Waals surface area contributed by atoms with E-state index < -0.39 is 0 Å². The van der Waals surface area contributed by atoms with Gasteiger partial charge in [0.05, 0.1) is 5.69 Å². The maximum absolute atomic E-state index is 5.84. The molecule has 1 fully saturated rings. The highest BCUT2D eigenvalue weighted by molar-refractivity contribution is 7.09. The highest BCUT2D eigenvalue weighted by Crippen LogP contribution is 2.31. The fourth-order valence-corrected chi connectivity index (χ4v) is 2.81. The average molecular weight is 254 g/mol. The lowest BCUT2D eigenvalue weighted by Crippen LogP contribution is -2.25. The molecule has 0 bridgehead atoms. The number of nitrogens with zero attached hydrogens (tertiary/aromatic N) is 1. The van der Waals surface area contributed by atoms with Gasteiger partial charge in [-0.2, -0.15) is 0 Å². The van der Waals surface area contributed by atoms with E-state index in [4.69, 9.17) is 9.72 Å². The van der Waals surface area contributed by atoms with E-state index in [-0.39, 0.29) is 5.60 Å². The van der Waals surface area contributed by atoms with E-state index in [9.17, 15) is 0 Å². The zero-order valence-electron chi connectivity index (χ0n) is 11.0. The van der Waals surface area contributed by atoms with Gasteiger partial charge < -0.3 is 10.1 Å². The molecule has 0 aliphatic heterocycles. The monoisotopic (exact) mass is 254 g/mol. The van der Waals surface area contributed by atoms with Crippen LogP contribution < -0.4 is 5.32 Å². The van der Waals surface area contributed by atoms with Gasteiger partial charge in [0.1, 0.15) is 10.6 Å². The van der Waals surface area contributed by atoms with Crippen LogP contribution in [0.1, 0.15) is 50.7 Å². The van der Waals surface area contributed by atoms with Gasteiger partial charge >= 0.3 is 0 Å².